The molecule has 2 aliphatic heterocycles. The Hall–Kier alpha value is -4.42. The van der Waals surface area contributed by atoms with Gasteiger partial charge in [0.05, 0.1) is 18.2 Å². The first kappa shape index (κ1) is 29.6. The van der Waals surface area contributed by atoms with E-state index in [0.717, 1.165) is 24.9 Å². The minimum Gasteiger partial charge on any atom is -0.467 e. The zero-order chi connectivity index (χ0) is 31.3. The first-order valence-electron chi connectivity index (χ1n) is 14.4. The van der Waals surface area contributed by atoms with E-state index in [-0.39, 0.29) is 40.3 Å². The van der Waals surface area contributed by atoms with Gasteiger partial charge in [0.25, 0.3) is 11.2 Å². The molecule has 230 valence electrons. The van der Waals surface area contributed by atoms with E-state index in [1.54, 1.807) is 33.0 Å². The number of fused-ring (bicyclic) bond motifs is 2. The maximum atomic E-state index is 13.9. The van der Waals surface area contributed by atoms with Gasteiger partial charge in [-0.15, -0.1) is 0 Å². The van der Waals surface area contributed by atoms with Crippen molar-refractivity contribution in [3.63, 3.8) is 0 Å². The molecule has 0 spiro atoms. The number of piperidine rings is 1. The number of hydrogen-bond acceptors (Lipinski definition) is 10. The summed E-state index contributed by atoms with van der Waals surface area (Å²) in [6.45, 7) is 6.40. The van der Waals surface area contributed by atoms with Crippen LogP contribution in [-0.2, 0) is 23.1 Å². The number of carbonyl (C=O) groups excluding carboxylic acids is 2. The fourth-order valence-corrected chi connectivity index (χ4v) is 5.72. The lowest BCUT2D eigenvalue weighted by Crippen LogP contribution is -2.47. The van der Waals surface area contributed by atoms with Crippen LogP contribution < -0.4 is 25.7 Å². The van der Waals surface area contributed by atoms with E-state index in [0.29, 0.717) is 29.6 Å². The number of carbonyl (C=O) groups is 2. The quantitative estimate of drug-likeness (QED) is 0.239. The first-order chi connectivity index (χ1) is 21.0. The van der Waals surface area contributed by atoms with Gasteiger partial charge < -0.3 is 24.8 Å². The summed E-state index contributed by atoms with van der Waals surface area (Å²) in [5.41, 5.74) is 5.68. The summed E-state index contributed by atoms with van der Waals surface area (Å²) in [6.07, 6.45) is 1.39. The molecule has 1 saturated heterocycles. The molecular weight excluding hydrogens is 588 g/mol. The fraction of sp³-hybridized carbons (Fsp3) is 0.387. The topological polar surface area (TPSA) is 144 Å². The van der Waals surface area contributed by atoms with E-state index in [1.165, 1.54) is 23.6 Å². The third-order valence-electron chi connectivity index (χ3n) is 7.84. The van der Waals surface area contributed by atoms with E-state index in [4.69, 9.17) is 36.5 Å². The molecule has 2 aromatic carbocycles. The van der Waals surface area contributed by atoms with E-state index >= 15 is 0 Å². The average Bonchev–Trinajstić information content (AvgIpc) is 3.46. The number of rotatable bonds is 7. The van der Waals surface area contributed by atoms with Crippen molar-refractivity contribution >= 4 is 40.5 Å². The van der Waals surface area contributed by atoms with Crippen molar-refractivity contribution < 1.29 is 23.8 Å². The Morgan fingerprint density at radius 1 is 1.20 bits per heavy atom. The molecule has 44 heavy (non-hydrogen) atoms. The molecule has 2 aromatic heterocycles. The lowest BCUT2D eigenvalue weighted by Gasteiger charge is -2.31. The number of hydrogen-bond donors (Lipinski definition) is 1. The minimum absolute atomic E-state index is 0.0157. The largest absolute Gasteiger partial charge is 0.467 e. The van der Waals surface area contributed by atoms with Crippen molar-refractivity contribution in [2.45, 2.75) is 57.9 Å². The smallest absolute Gasteiger partial charge is 0.358 e. The highest BCUT2D eigenvalue weighted by Gasteiger charge is 2.52. The zero-order valence-electron chi connectivity index (χ0n) is 24.9. The van der Waals surface area contributed by atoms with Gasteiger partial charge in [-0.1, -0.05) is 29.8 Å². The van der Waals surface area contributed by atoms with Crippen molar-refractivity contribution in [1.82, 2.24) is 19.1 Å². The van der Waals surface area contributed by atoms with Crippen molar-refractivity contribution in [3.05, 3.63) is 69.0 Å². The number of Topliss-reactive ketones (excluding diaryl/α,β-unsaturated/α-hetero) is 1. The second-order valence-electron chi connectivity index (χ2n) is 11.5. The molecule has 0 aliphatic carbocycles. The summed E-state index contributed by atoms with van der Waals surface area (Å²) in [5.74, 6) is -0.296. The summed E-state index contributed by atoms with van der Waals surface area (Å²) in [7, 11) is 1.56. The lowest BCUT2D eigenvalue weighted by molar-refractivity contribution is -0.159. The lowest BCUT2D eigenvalue weighted by atomic mass is 9.97. The van der Waals surface area contributed by atoms with Crippen LogP contribution in [-0.4, -0.2) is 61.7 Å². The molecule has 4 heterocycles. The van der Waals surface area contributed by atoms with Gasteiger partial charge in [-0.25, -0.2) is 4.79 Å². The zero-order valence-corrected chi connectivity index (χ0v) is 25.6. The van der Waals surface area contributed by atoms with Gasteiger partial charge in [-0.2, -0.15) is 9.97 Å². The number of nitrogens with zero attached hydrogens (tertiary/aromatic N) is 5. The van der Waals surface area contributed by atoms with Gasteiger partial charge in [0.2, 0.25) is 11.7 Å². The Balaban J connectivity index is 1.37. The normalized spacial score (nSPS) is 19.8. The molecule has 6 rings (SSSR count). The number of imidazole rings is 1. The van der Waals surface area contributed by atoms with Gasteiger partial charge >= 0.3 is 12.0 Å². The highest BCUT2D eigenvalue weighted by Crippen LogP contribution is 2.39. The Morgan fingerprint density at radius 2 is 1.98 bits per heavy atom. The summed E-state index contributed by atoms with van der Waals surface area (Å²) in [4.78, 5) is 51.1. The molecule has 1 unspecified atom stereocenters. The van der Waals surface area contributed by atoms with Crippen molar-refractivity contribution in [1.29, 1.82) is 0 Å². The van der Waals surface area contributed by atoms with Crippen LogP contribution >= 0.6 is 11.6 Å². The predicted molar refractivity (Wildman–Crippen MR) is 164 cm³/mol. The number of benzene rings is 2. The van der Waals surface area contributed by atoms with Crippen LogP contribution in [0.2, 0.25) is 5.02 Å². The monoisotopic (exact) mass is 620 g/mol. The molecule has 2 atom stereocenters. The second-order valence-corrected chi connectivity index (χ2v) is 12.0. The first-order valence-corrected chi connectivity index (χ1v) is 14.8. The van der Waals surface area contributed by atoms with Crippen molar-refractivity contribution in [2.24, 2.45) is 12.8 Å². The van der Waals surface area contributed by atoms with Gasteiger partial charge in [0.1, 0.15) is 11.5 Å². The van der Waals surface area contributed by atoms with Gasteiger partial charge in [-0.05, 0) is 57.4 Å². The van der Waals surface area contributed by atoms with Crippen LogP contribution in [0.3, 0.4) is 0 Å². The highest BCUT2D eigenvalue weighted by molar-refractivity contribution is 6.31. The molecule has 13 heteroatoms. The number of esters is 1. The minimum atomic E-state index is -1.81. The predicted octanol–water partition coefficient (Wildman–Crippen LogP) is 3.84. The molecule has 4 aromatic rings. The summed E-state index contributed by atoms with van der Waals surface area (Å²) < 4.78 is 20.2. The Kier molecular flexibility index (Phi) is 7.58. The molecule has 1 fully saturated rings. The van der Waals surface area contributed by atoms with Crippen LogP contribution in [0.25, 0.3) is 11.2 Å². The number of halogens is 1. The molecular formula is C31H33ClN6O6. The van der Waals surface area contributed by atoms with E-state index in [9.17, 15) is 14.4 Å². The average molecular weight is 621 g/mol. The summed E-state index contributed by atoms with van der Waals surface area (Å²) in [5, 5.41) is 0.575. The van der Waals surface area contributed by atoms with Crippen molar-refractivity contribution in [2.75, 3.05) is 18.0 Å². The number of ketones is 1. The molecule has 0 saturated carbocycles. The Morgan fingerprint density at radius 3 is 2.70 bits per heavy atom. The Labute approximate surface area is 258 Å². The molecule has 0 amide bonds. The van der Waals surface area contributed by atoms with E-state index in [2.05, 4.69) is 9.88 Å². The number of nitrogens with two attached hydrogens (primary N) is 1. The number of aromatic nitrogens is 4. The van der Waals surface area contributed by atoms with Gasteiger partial charge in [-0.3, -0.25) is 18.7 Å². The third kappa shape index (κ3) is 5.17. The summed E-state index contributed by atoms with van der Waals surface area (Å²) >= 11 is 6.50. The third-order valence-corrected chi connectivity index (χ3v) is 8.21. The SMILES string of the molecule is CC(C)OC(=O)C1(C)Oc2cc(Oc3nc4nc(N5CCC[C@@H](N)C5)n(Cc5ccccc5Cl)c4c(=O)n3C)ccc2C1=O. The number of ether oxygens (including phenoxy) is 3. The van der Waals surface area contributed by atoms with Gasteiger partial charge in [0, 0.05) is 37.3 Å². The molecule has 2 N–H and O–H groups in total. The molecule has 0 bridgehead atoms. The number of anilines is 1. The van der Waals surface area contributed by atoms with E-state index < -0.39 is 23.5 Å². The van der Waals surface area contributed by atoms with Crippen LogP contribution in [0, 0.1) is 0 Å². The van der Waals surface area contributed by atoms with Crippen LogP contribution in [0.5, 0.6) is 17.5 Å². The van der Waals surface area contributed by atoms with Crippen LogP contribution in [0.4, 0.5) is 5.95 Å². The van der Waals surface area contributed by atoms with Crippen LogP contribution in [0.1, 0.15) is 49.5 Å². The van der Waals surface area contributed by atoms with Gasteiger partial charge in [0.15, 0.2) is 11.2 Å². The Bertz CT molecular complexity index is 1850. The molecule has 0 radical (unpaired) electrons. The molecule has 2 aliphatic rings. The second kappa shape index (κ2) is 11.3. The maximum Gasteiger partial charge on any atom is 0.358 e. The summed E-state index contributed by atoms with van der Waals surface area (Å²) in [6, 6.07) is 12.0. The highest BCUT2D eigenvalue weighted by atomic mass is 35.5. The van der Waals surface area contributed by atoms with Crippen LogP contribution in [0.15, 0.2) is 47.3 Å². The van der Waals surface area contributed by atoms with Crippen molar-refractivity contribution in [3.8, 4) is 17.5 Å². The standard InChI is InChI=1S/C31H33ClN6O6/c1-17(2)42-28(41)31(3)25(39)21-12-11-20(14-23(21)44-31)43-30-35-26-24(27(40)36(30)4)38(15-18-8-5-6-10-22(18)32)29(34-26)37-13-7-9-19(33)16-37/h5-6,8,10-12,14,17,19H,7,9,13,15-16,33H2,1-4H3/t19-,31?/m1/s1. The molecule has 12 nitrogen and oxygen atoms in total. The maximum absolute atomic E-state index is 13.9. The van der Waals surface area contributed by atoms with E-state index in [1.807, 2.05) is 22.8 Å². The fourth-order valence-electron chi connectivity index (χ4n) is 5.53.